The van der Waals surface area contributed by atoms with Crippen LogP contribution in [0.3, 0.4) is 0 Å². The second kappa shape index (κ2) is 15.7. The number of carbonyl (C=O) groups is 2. The first-order valence-corrected chi connectivity index (χ1v) is 18.1. The molecule has 3 aromatic carbocycles. The Morgan fingerprint density at radius 1 is 0.909 bits per heavy atom. The van der Waals surface area contributed by atoms with Crippen LogP contribution in [0.25, 0.3) is 0 Å². The van der Waals surface area contributed by atoms with E-state index in [1.807, 2.05) is 86.6 Å². The fourth-order valence-electron chi connectivity index (χ4n) is 5.98. The third-order valence-electron chi connectivity index (χ3n) is 8.14. The number of sulfonamides is 1. The van der Waals surface area contributed by atoms with E-state index in [1.165, 1.54) is 17.0 Å². The summed E-state index contributed by atoms with van der Waals surface area (Å²) < 4.78 is 27.9. The molecule has 7 nitrogen and oxygen atoms in total. The van der Waals surface area contributed by atoms with Crippen LogP contribution in [-0.2, 0) is 32.6 Å². The van der Waals surface area contributed by atoms with Gasteiger partial charge in [0.05, 0.1) is 11.9 Å². The summed E-state index contributed by atoms with van der Waals surface area (Å²) in [6.45, 7) is 4.31. The van der Waals surface area contributed by atoms with Gasteiger partial charge in [-0.2, -0.15) is 0 Å². The smallest absolute Gasteiger partial charge is 0.243 e. The first-order chi connectivity index (χ1) is 21.0. The van der Waals surface area contributed by atoms with E-state index in [-0.39, 0.29) is 37.4 Å². The van der Waals surface area contributed by atoms with Crippen molar-refractivity contribution in [1.82, 2.24) is 10.2 Å². The maximum atomic E-state index is 14.1. The van der Waals surface area contributed by atoms with E-state index in [1.54, 1.807) is 4.90 Å². The molecule has 3 aromatic rings. The van der Waals surface area contributed by atoms with Crippen molar-refractivity contribution in [2.45, 2.75) is 83.8 Å². The van der Waals surface area contributed by atoms with Crippen LogP contribution < -0.4 is 9.62 Å². The Kier molecular flexibility index (Phi) is 12.0. The Balaban J connectivity index is 1.59. The Morgan fingerprint density at radius 2 is 1.55 bits per heavy atom. The van der Waals surface area contributed by atoms with Crippen LogP contribution in [-0.4, -0.2) is 50.0 Å². The molecule has 1 unspecified atom stereocenters. The lowest BCUT2D eigenvalue weighted by Gasteiger charge is -2.34. The molecule has 1 fully saturated rings. The van der Waals surface area contributed by atoms with Crippen LogP contribution >= 0.6 is 15.9 Å². The third kappa shape index (κ3) is 9.92. The van der Waals surface area contributed by atoms with E-state index in [9.17, 15) is 18.0 Å². The minimum Gasteiger partial charge on any atom is -0.352 e. The Bertz CT molecular complexity index is 1490. The number of rotatable bonds is 13. The fraction of sp³-hybridized carbons (Fsp3) is 0.429. The zero-order chi connectivity index (χ0) is 31.7. The van der Waals surface area contributed by atoms with E-state index >= 15 is 0 Å². The zero-order valence-corrected chi connectivity index (χ0v) is 28.4. The summed E-state index contributed by atoms with van der Waals surface area (Å²) in [4.78, 5) is 29.7. The molecule has 44 heavy (non-hydrogen) atoms. The summed E-state index contributed by atoms with van der Waals surface area (Å²) in [5.41, 5.74) is 4.43. The Hall–Kier alpha value is -3.17. The normalized spacial score (nSPS) is 14.5. The average molecular weight is 683 g/mol. The summed E-state index contributed by atoms with van der Waals surface area (Å²) in [6.07, 6.45) is 7.26. The maximum absolute atomic E-state index is 14.1. The monoisotopic (exact) mass is 681 g/mol. The minimum absolute atomic E-state index is 0.106. The van der Waals surface area contributed by atoms with Gasteiger partial charge in [-0.1, -0.05) is 83.7 Å². The standard InChI is InChI=1S/C35H44BrN3O4S/c1-26-21-27(2)23-32(22-26)39(44(3,42)43)20-10-15-34(40)38(25-29-16-18-30(36)19-17-29)33(24-28-11-6-4-7-12-28)35(41)37-31-13-8-5-9-14-31/h4,6-7,11-12,16-19,21-23,31,33H,5,8-10,13-15,20,24-25H2,1-3H3,(H,37,41). The molecule has 1 saturated carbocycles. The predicted molar refractivity (Wildman–Crippen MR) is 181 cm³/mol. The first-order valence-electron chi connectivity index (χ1n) is 15.4. The highest BCUT2D eigenvalue weighted by Crippen LogP contribution is 2.24. The highest BCUT2D eigenvalue weighted by Gasteiger charge is 2.32. The lowest BCUT2D eigenvalue weighted by molar-refractivity contribution is -0.141. The number of benzene rings is 3. The van der Waals surface area contributed by atoms with E-state index in [2.05, 4.69) is 21.2 Å². The molecule has 0 bridgehead atoms. The number of hydrogen-bond donors (Lipinski definition) is 1. The van der Waals surface area contributed by atoms with E-state index in [4.69, 9.17) is 0 Å². The molecule has 4 rings (SSSR count). The van der Waals surface area contributed by atoms with Crippen molar-refractivity contribution < 1.29 is 18.0 Å². The molecule has 0 saturated heterocycles. The predicted octanol–water partition coefficient (Wildman–Crippen LogP) is 6.70. The highest BCUT2D eigenvalue weighted by atomic mass is 79.9. The van der Waals surface area contributed by atoms with Gasteiger partial charge >= 0.3 is 0 Å². The zero-order valence-electron chi connectivity index (χ0n) is 26.0. The van der Waals surface area contributed by atoms with Crippen molar-refractivity contribution in [3.05, 3.63) is 99.5 Å². The third-order valence-corrected chi connectivity index (χ3v) is 9.86. The van der Waals surface area contributed by atoms with Gasteiger partial charge in [0.2, 0.25) is 21.8 Å². The SMILES string of the molecule is Cc1cc(C)cc(N(CCCC(=O)N(Cc2ccc(Br)cc2)C(Cc2ccccc2)C(=O)NC2CCCCC2)S(C)(=O)=O)c1. The molecule has 2 amide bonds. The van der Waals surface area contributed by atoms with E-state index in [0.717, 1.165) is 52.4 Å². The largest absolute Gasteiger partial charge is 0.352 e. The van der Waals surface area contributed by atoms with E-state index < -0.39 is 16.1 Å². The van der Waals surface area contributed by atoms with Gasteiger partial charge in [0, 0.05) is 36.4 Å². The number of halogens is 1. The van der Waals surface area contributed by atoms with Crippen LogP contribution in [0, 0.1) is 13.8 Å². The second-order valence-electron chi connectivity index (χ2n) is 12.0. The molecule has 1 aliphatic carbocycles. The molecule has 0 spiro atoms. The molecule has 1 aliphatic rings. The molecule has 1 N–H and O–H groups in total. The molecule has 236 valence electrons. The van der Waals surface area contributed by atoms with Gasteiger partial charge in [0.25, 0.3) is 0 Å². The van der Waals surface area contributed by atoms with Gasteiger partial charge in [0.15, 0.2) is 0 Å². The molecule has 0 aliphatic heterocycles. The number of anilines is 1. The van der Waals surface area contributed by atoms with Crippen molar-refractivity contribution >= 4 is 43.5 Å². The molecule has 0 radical (unpaired) electrons. The summed E-state index contributed by atoms with van der Waals surface area (Å²) in [5, 5.41) is 3.27. The summed E-state index contributed by atoms with van der Waals surface area (Å²) >= 11 is 3.49. The number of aryl methyl sites for hydroxylation is 2. The molecule has 0 heterocycles. The van der Waals surface area contributed by atoms with Gasteiger partial charge in [-0.05, 0) is 79.6 Å². The van der Waals surface area contributed by atoms with Gasteiger partial charge < -0.3 is 10.2 Å². The lowest BCUT2D eigenvalue weighted by Crippen LogP contribution is -2.52. The molecular formula is C35H44BrN3O4S. The first kappa shape index (κ1) is 33.7. The van der Waals surface area contributed by atoms with Gasteiger partial charge in [-0.3, -0.25) is 13.9 Å². The topological polar surface area (TPSA) is 86.8 Å². The molecular weight excluding hydrogens is 638 g/mol. The summed E-state index contributed by atoms with van der Waals surface area (Å²) in [7, 11) is -3.57. The van der Waals surface area contributed by atoms with Gasteiger partial charge in [0.1, 0.15) is 6.04 Å². The van der Waals surface area contributed by atoms with Crippen LogP contribution in [0.5, 0.6) is 0 Å². The number of nitrogens with zero attached hydrogens (tertiary/aromatic N) is 2. The Labute approximate surface area is 271 Å². The molecule has 9 heteroatoms. The minimum atomic E-state index is -3.57. The number of amides is 2. The summed E-state index contributed by atoms with van der Waals surface area (Å²) in [5.74, 6) is -0.319. The lowest BCUT2D eigenvalue weighted by atomic mass is 9.94. The van der Waals surface area contributed by atoms with Crippen LogP contribution in [0.15, 0.2) is 77.3 Å². The van der Waals surface area contributed by atoms with Gasteiger partial charge in [-0.15, -0.1) is 0 Å². The number of carbonyl (C=O) groups excluding carboxylic acids is 2. The van der Waals surface area contributed by atoms with Crippen molar-refractivity contribution in [3.8, 4) is 0 Å². The van der Waals surface area contributed by atoms with Crippen LogP contribution in [0.2, 0.25) is 0 Å². The maximum Gasteiger partial charge on any atom is 0.243 e. The fourth-order valence-corrected chi connectivity index (χ4v) is 7.20. The quantitative estimate of drug-likeness (QED) is 0.218. The van der Waals surface area contributed by atoms with Crippen molar-refractivity contribution in [2.24, 2.45) is 0 Å². The number of hydrogen-bond acceptors (Lipinski definition) is 4. The average Bonchev–Trinajstić information content (AvgIpc) is 2.98. The summed E-state index contributed by atoms with van der Waals surface area (Å²) in [6, 6.07) is 22.7. The van der Waals surface area contributed by atoms with Crippen molar-refractivity contribution in [2.75, 3.05) is 17.1 Å². The van der Waals surface area contributed by atoms with Crippen LogP contribution in [0.1, 0.15) is 67.2 Å². The van der Waals surface area contributed by atoms with Crippen molar-refractivity contribution in [3.63, 3.8) is 0 Å². The molecule has 1 atom stereocenters. The van der Waals surface area contributed by atoms with Crippen LogP contribution in [0.4, 0.5) is 5.69 Å². The Morgan fingerprint density at radius 3 is 2.16 bits per heavy atom. The highest BCUT2D eigenvalue weighted by molar-refractivity contribution is 9.10. The van der Waals surface area contributed by atoms with Crippen molar-refractivity contribution in [1.29, 1.82) is 0 Å². The number of nitrogens with one attached hydrogen (secondary N) is 1. The second-order valence-corrected chi connectivity index (χ2v) is 14.8. The van der Waals surface area contributed by atoms with Gasteiger partial charge in [-0.25, -0.2) is 8.42 Å². The van der Waals surface area contributed by atoms with E-state index in [0.29, 0.717) is 18.5 Å². The molecule has 0 aromatic heterocycles.